The van der Waals surface area contributed by atoms with Crippen molar-refractivity contribution in [2.75, 3.05) is 7.05 Å². The van der Waals surface area contributed by atoms with Gasteiger partial charge in [0.05, 0.1) is 6.54 Å². The molecule has 4 aromatic rings. The topological polar surface area (TPSA) is 137 Å². The van der Waals surface area contributed by atoms with Crippen LogP contribution in [0.15, 0.2) is 64.5 Å². The summed E-state index contributed by atoms with van der Waals surface area (Å²) in [6.07, 6.45) is 2.99. The highest BCUT2D eigenvalue weighted by molar-refractivity contribution is 7.90. The zero-order valence-corrected chi connectivity index (χ0v) is 21.9. The lowest BCUT2D eigenvalue weighted by molar-refractivity contribution is 0.259. The number of benzene rings is 2. The number of rotatable bonds is 6. The normalized spacial score (nSPS) is 17.8. The van der Waals surface area contributed by atoms with Crippen molar-refractivity contribution in [3.63, 3.8) is 0 Å². The minimum atomic E-state index is -4.40. The number of primary sulfonamides is 1. The molecule has 5 rings (SSSR count). The summed E-state index contributed by atoms with van der Waals surface area (Å²) in [6, 6.07) is 13.6. The number of hydrogen-bond acceptors (Lipinski definition) is 7. The standard InChI is InChI=1S/C25H29N7O4S/c1-16(2)14-31-22-20(23(33)30(4)24(31)34)21(25(37(26,35)36)27-12-13-29(25)3)32(28-22)15-18-10-7-9-17-8-5-6-11-19(17)18/h5-13,16,27H,14-15H2,1-4H3,(H2,26,35,36). The summed E-state index contributed by atoms with van der Waals surface area (Å²) in [5, 5.41) is 15.4. The Morgan fingerprint density at radius 2 is 1.78 bits per heavy atom. The Labute approximate surface area is 213 Å². The molecule has 0 spiro atoms. The van der Waals surface area contributed by atoms with Crippen LogP contribution in [-0.4, -0.2) is 39.3 Å². The van der Waals surface area contributed by atoms with Crippen LogP contribution in [0.3, 0.4) is 0 Å². The van der Waals surface area contributed by atoms with Crippen LogP contribution in [0.4, 0.5) is 0 Å². The average molecular weight is 524 g/mol. The highest BCUT2D eigenvalue weighted by Crippen LogP contribution is 2.36. The monoisotopic (exact) mass is 523 g/mol. The summed E-state index contributed by atoms with van der Waals surface area (Å²) >= 11 is 0. The minimum Gasteiger partial charge on any atom is -0.349 e. The van der Waals surface area contributed by atoms with Crippen LogP contribution in [0.2, 0.25) is 0 Å². The lowest BCUT2D eigenvalue weighted by atomic mass is 10.0. The molecule has 12 heteroatoms. The molecule has 2 aromatic carbocycles. The summed E-state index contributed by atoms with van der Waals surface area (Å²) in [7, 11) is -1.48. The van der Waals surface area contributed by atoms with Gasteiger partial charge in [0.2, 0.25) is 0 Å². The minimum absolute atomic E-state index is 0.0139. The van der Waals surface area contributed by atoms with Gasteiger partial charge in [-0.25, -0.2) is 18.4 Å². The van der Waals surface area contributed by atoms with E-state index in [1.807, 2.05) is 56.3 Å². The fourth-order valence-electron chi connectivity index (χ4n) is 5.06. The maximum atomic E-state index is 13.6. The number of nitrogens with one attached hydrogen (secondary N) is 1. The molecule has 1 atom stereocenters. The van der Waals surface area contributed by atoms with Crippen LogP contribution in [0, 0.1) is 5.92 Å². The van der Waals surface area contributed by atoms with E-state index in [-0.39, 0.29) is 35.7 Å². The molecule has 3 heterocycles. The molecule has 2 aromatic heterocycles. The smallest absolute Gasteiger partial charge is 0.332 e. The van der Waals surface area contributed by atoms with Gasteiger partial charge >= 0.3 is 5.69 Å². The largest absolute Gasteiger partial charge is 0.349 e. The SMILES string of the molecule is CC(C)Cn1c(=O)n(C)c(=O)c2c(C3(S(N)(=O)=O)NC=CN3C)n(Cc3cccc4ccccc34)nc21. The summed E-state index contributed by atoms with van der Waals surface area (Å²) in [5.74, 6) is 0.0613. The quantitative estimate of drug-likeness (QED) is 0.387. The second kappa shape index (κ2) is 8.60. The van der Waals surface area contributed by atoms with Gasteiger partial charge < -0.3 is 10.2 Å². The predicted octanol–water partition coefficient (Wildman–Crippen LogP) is 1.16. The molecule has 0 amide bonds. The molecular weight excluding hydrogens is 494 g/mol. The van der Waals surface area contributed by atoms with Crippen molar-refractivity contribution in [1.29, 1.82) is 0 Å². The molecular formula is C25H29N7O4S. The first-order valence-electron chi connectivity index (χ1n) is 11.8. The van der Waals surface area contributed by atoms with Gasteiger partial charge in [0.1, 0.15) is 11.1 Å². The first kappa shape index (κ1) is 24.8. The Morgan fingerprint density at radius 3 is 2.43 bits per heavy atom. The van der Waals surface area contributed by atoms with E-state index in [4.69, 9.17) is 10.2 Å². The van der Waals surface area contributed by atoms with Gasteiger partial charge in [0.15, 0.2) is 5.65 Å². The van der Waals surface area contributed by atoms with E-state index in [9.17, 15) is 18.0 Å². The van der Waals surface area contributed by atoms with Crippen molar-refractivity contribution in [1.82, 2.24) is 29.1 Å². The second-order valence-corrected chi connectivity index (χ2v) is 11.4. The first-order valence-corrected chi connectivity index (χ1v) is 13.4. The van der Waals surface area contributed by atoms with E-state index in [0.717, 1.165) is 20.9 Å². The molecule has 0 fully saturated rings. The number of hydrogen-bond donors (Lipinski definition) is 2. The molecule has 11 nitrogen and oxygen atoms in total. The molecule has 1 unspecified atom stereocenters. The van der Waals surface area contributed by atoms with Gasteiger partial charge in [0.25, 0.3) is 20.6 Å². The van der Waals surface area contributed by atoms with E-state index in [1.54, 1.807) is 7.05 Å². The van der Waals surface area contributed by atoms with Crippen molar-refractivity contribution >= 4 is 31.8 Å². The number of aromatic nitrogens is 4. The Hall–Kier alpha value is -3.90. The van der Waals surface area contributed by atoms with Crippen molar-refractivity contribution in [2.24, 2.45) is 18.1 Å². The molecule has 0 saturated heterocycles. The molecule has 1 aliphatic heterocycles. The van der Waals surface area contributed by atoms with E-state index < -0.39 is 26.3 Å². The van der Waals surface area contributed by atoms with Crippen LogP contribution < -0.4 is 21.7 Å². The van der Waals surface area contributed by atoms with Crippen LogP contribution in [-0.2, 0) is 35.2 Å². The summed E-state index contributed by atoms with van der Waals surface area (Å²) in [4.78, 5) is 26.1. The maximum absolute atomic E-state index is 13.6. The van der Waals surface area contributed by atoms with Gasteiger partial charge in [-0.2, -0.15) is 5.10 Å². The number of fused-ring (bicyclic) bond motifs is 2. The molecule has 0 bridgehead atoms. The van der Waals surface area contributed by atoms with E-state index in [1.165, 1.54) is 33.6 Å². The molecule has 0 radical (unpaired) electrons. The van der Waals surface area contributed by atoms with Gasteiger partial charge in [-0.3, -0.25) is 18.6 Å². The Balaban J connectivity index is 1.92. The molecule has 0 saturated carbocycles. The zero-order valence-electron chi connectivity index (χ0n) is 21.0. The van der Waals surface area contributed by atoms with Crippen LogP contribution >= 0.6 is 0 Å². The second-order valence-electron chi connectivity index (χ2n) is 9.75. The predicted molar refractivity (Wildman–Crippen MR) is 142 cm³/mol. The van der Waals surface area contributed by atoms with Gasteiger partial charge in [0, 0.05) is 33.0 Å². The number of sulfonamides is 1. The van der Waals surface area contributed by atoms with Crippen molar-refractivity contribution < 1.29 is 8.42 Å². The van der Waals surface area contributed by atoms with E-state index in [0.29, 0.717) is 0 Å². The Morgan fingerprint density at radius 1 is 1.08 bits per heavy atom. The Bertz CT molecular complexity index is 1790. The maximum Gasteiger partial charge on any atom is 0.332 e. The third kappa shape index (κ3) is 3.66. The molecule has 3 N–H and O–H groups in total. The summed E-state index contributed by atoms with van der Waals surface area (Å²) in [6.45, 7) is 4.31. The average Bonchev–Trinajstić information content (AvgIpc) is 3.41. The highest BCUT2D eigenvalue weighted by atomic mass is 32.2. The third-order valence-corrected chi connectivity index (χ3v) is 8.20. The van der Waals surface area contributed by atoms with Gasteiger partial charge in [-0.05, 0) is 22.3 Å². The third-order valence-electron chi connectivity index (χ3n) is 6.78. The molecule has 194 valence electrons. The van der Waals surface area contributed by atoms with Crippen molar-refractivity contribution in [3.05, 3.63) is 87.0 Å². The highest BCUT2D eigenvalue weighted by Gasteiger charge is 2.53. The van der Waals surface area contributed by atoms with Crippen LogP contribution in [0.5, 0.6) is 0 Å². The summed E-state index contributed by atoms with van der Waals surface area (Å²) < 4.78 is 30.4. The first-order chi connectivity index (χ1) is 17.5. The van der Waals surface area contributed by atoms with E-state index >= 15 is 0 Å². The van der Waals surface area contributed by atoms with Crippen LogP contribution in [0.25, 0.3) is 21.8 Å². The molecule has 1 aliphatic rings. The molecule has 0 aliphatic carbocycles. The van der Waals surface area contributed by atoms with Crippen molar-refractivity contribution in [3.8, 4) is 0 Å². The lowest BCUT2D eigenvalue weighted by Crippen LogP contribution is -2.57. The van der Waals surface area contributed by atoms with Gasteiger partial charge in [-0.15, -0.1) is 0 Å². The van der Waals surface area contributed by atoms with Gasteiger partial charge in [-0.1, -0.05) is 56.3 Å². The molecule has 37 heavy (non-hydrogen) atoms. The van der Waals surface area contributed by atoms with Crippen molar-refractivity contribution in [2.45, 2.75) is 31.9 Å². The fourth-order valence-corrected chi connectivity index (χ4v) is 6.23. The number of nitrogens with zero attached hydrogens (tertiary/aromatic N) is 5. The summed E-state index contributed by atoms with van der Waals surface area (Å²) in [5.41, 5.74) is -0.155. The Kier molecular flexibility index (Phi) is 5.76. The fraction of sp³-hybridized carbons (Fsp3) is 0.320. The zero-order chi connectivity index (χ0) is 26.7. The lowest BCUT2D eigenvalue weighted by Gasteiger charge is -2.35. The van der Waals surface area contributed by atoms with Crippen LogP contribution in [0.1, 0.15) is 25.1 Å². The van der Waals surface area contributed by atoms with E-state index in [2.05, 4.69) is 5.32 Å². The number of nitrogens with two attached hydrogens (primary N) is 1.